The Balaban J connectivity index is 2.04. The number of rotatable bonds is 4. The van der Waals surface area contributed by atoms with E-state index in [1.807, 2.05) is 37.2 Å². The summed E-state index contributed by atoms with van der Waals surface area (Å²) in [7, 11) is 3.86. The smallest absolute Gasteiger partial charge is 0.0853 e. The Labute approximate surface area is 95.1 Å². The number of nitrogens with zero attached hydrogens (tertiary/aromatic N) is 4. The van der Waals surface area contributed by atoms with Crippen LogP contribution in [0.4, 0.5) is 5.69 Å². The quantitative estimate of drug-likeness (QED) is 0.844. The van der Waals surface area contributed by atoms with Crippen molar-refractivity contribution in [1.29, 1.82) is 0 Å². The van der Waals surface area contributed by atoms with Crippen LogP contribution in [-0.2, 0) is 27.1 Å². The van der Waals surface area contributed by atoms with Gasteiger partial charge in [0.15, 0.2) is 0 Å². The monoisotopic (exact) mass is 219 g/mol. The molecule has 0 aliphatic carbocycles. The maximum absolute atomic E-state index is 4.38. The third-order valence-electron chi connectivity index (χ3n) is 2.47. The number of hydrogen-bond donors (Lipinski definition) is 1. The highest BCUT2D eigenvalue weighted by Gasteiger charge is 2.05. The van der Waals surface area contributed by atoms with Gasteiger partial charge < -0.3 is 5.32 Å². The van der Waals surface area contributed by atoms with Crippen molar-refractivity contribution in [3.05, 3.63) is 29.8 Å². The summed E-state index contributed by atoms with van der Waals surface area (Å²) in [4.78, 5) is 0. The summed E-state index contributed by atoms with van der Waals surface area (Å²) < 4.78 is 3.64. The maximum atomic E-state index is 4.38. The minimum Gasteiger partial charge on any atom is -0.377 e. The summed E-state index contributed by atoms with van der Waals surface area (Å²) in [5.41, 5.74) is 3.22. The Morgan fingerprint density at radius 2 is 2.06 bits per heavy atom. The van der Waals surface area contributed by atoms with E-state index in [1.54, 1.807) is 4.68 Å². The van der Waals surface area contributed by atoms with Crippen molar-refractivity contribution < 1.29 is 0 Å². The van der Waals surface area contributed by atoms with Crippen molar-refractivity contribution in [1.82, 2.24) is 19.6 Å². The van der Waals surface area contributed by atoms with Crippen LogP contribution in [0, 0.1) is 0 Å². The lowest BCUT2D eigenvalue weighted by Gasteiger charge is -2.02. The summed E-state index contributed by atoms with van der Waals surface area (Å²) in [6.45, 7) is 2.84. The zero-order valence-corrected chi connectivity index (χ0v) is 9.94. The van der Waals surface area contributed by atoms with Crippen LogP contribution in [0.3, 0.4) is 0 Å². The summed E-state index contributed by atoms with van der Waals surface area (Å²) >= 11 is 0. The van der Waals surface area contributed by atoms with Crippen LogP contribution in [0.25, 0.3) is 0 Å². The van der Waals surface area contributed by atoms with Crippen LogP contribution < -0.4 is 5.32 Å². The molecule has 0 unspecified atom stereocenters. The summed E-state index contributed by atoms with van der Waals surface area (Å²) in [5.74, 6) is 0. The topological polar surface area (TPSA) is 47.7 Å². The van der Waals surface area contributed by atoms with E-state index in [2.05, 4.69) is 22.4 Å². The van der Waals surface area contributed by atoms with E-state index in [1.165, 1.54) is 0 Å². The predicted molar refractivity (Wildman–Crippen MR) is 63.1 cm³/mol. The Bertz CT molecular complexity index is 468. The average Bonchev–Trinajstić information content (AvgIpc) is 2.81. The lowest BCUT2D eigenvalue weighted by Crippen LogP contribution is -2.02. The highest BCUT2D eigenvalue weighted by molar-refractivity contribution is 5.46. The van der Waals surface area contributed by atoms with Crippen LogP contribution in [0.15, 0.2) is 18.5 Å². The molecular formula is C11H17N5. The van der Waals surface area contributed by atoms with E-state index in [0.29, 0.717) is 0 Å². The molecule has 0 atom stereocenters. The highest BCUT2D eigenvalue weighted by Crippen LogP contribution is 2.14. The Hall–Kier alpha value is -1.78. The van der Waals surface area contributed by atoms with Crippen molar-refractivity contribution in [3.63, 3.8) is 0 Å². The van der Waals surface area contributed by atoms with Crippen molar-refractivity contribution in [2.45, 2.75) is 19.9 Å². The van der Waals surface area contributed by atoms with Gasteiger partial charge in [-0.2, -0.15) is 10.2 Å². The van der Waals surface area contributed by atoms with Gasteiger partial charge in [-0.05, 0) is 12.5 Å². The zero-order valence-electron chi connectivity index (χ0n) is 9.94. The van der Waals surface area contributed by atoms with E-state index in [-0.39, 0.29) is 0 Å². The molecule has 0 saturated heterocycles. The minimum atomic E-state index is 0.736. The first kappa shape index (κ1) is 10.7. The van der Waals surface area contributed by atoms with E-state index in [0.717, 1.165) is 30.0 Å². The largest absolute Gasteiger partial charge is 0.377 e. The molecule has 0 radical (unpaired) electrons. The first-order valence-corrected chi connectivity index (χ1v) is 5.44. The number of aromatic nitrogens is 4. The molecule has 86 valence electrons. The van der Waals surface area contributed by atoms with Gasteiger partial charge in [-0.25, -0.2) is 0 Å². The second-order valence-corrected chi connectivity index (χ2v) is 3.85. The molecule has 0 fully saturated rings. The molecular weight excluding hydrogens is 202 g/mol. The van der Waals surface area contributed by atoms with Gasteiger partial charge in [0.05, 0.1) is 23.6 Å². The second-order valence-electron chi connectivity index (χ2n) is 3.85. The molecule has 2 heterocycles. The fourth-order valence-corrected chi connectivity index (χ4v) is 1.69. The van der Waals surface area contributed by atoms with Crippen LogP contribution in [0.2, 0.25) is 0 Å². The zero-order chi connectivity index (χ0) is 11.5. The summed E-state index contributed by atoms with van der Waals surface area (Å²) in [6.07, 6.45) is 4.88. The predicted octanol–water partition coefficient (Wildman–Crippen LogP) is 1.33. The Morgan fingerprint density at radius 3 is 2.69 bits per heavy atom. The molecule has 2 rings (SSSR count). The molecule has 0 aliphatic rings. The van der Waals surface area contributed by atoms with E-state index in [9.17, 15) is 0 Å². The minimum absolute atomic E-state index is 0.736. The van der Waals surface area contributed by atoms with E-state index < -0.39 is 0 Å². The van der Waals surface area contributed by atoms with Gasteiger partial charge >= 0.3 is 0 Å². The van der Waals surface area contributed by atoms with Crippen molar-refractivity contribution in [2.75, 3.05) is 5.32 Å². The highest BCUT2D eigenvalue weighted by atomic mass is 15.3. The third kappa shape index (κ3) is 2.24. The molecule has 2 aromatic rings. The molecule has 1 N–H and O–H groups in total. The van der Waals surface area contributed by atoms with Crippen LogP contribution in [0.5, 0.6) is 0 Å². The third-order valence-corrected chi connectivity index (χ3v) is 2.47. The first-order valence-electron chi connectivity index (χ1n) is 5.44. The summed E-state index contributed by atoms with van der Waals surface area (Å²) in [5, 5.41) is 12.0. The fourth-order valence-electron chi connectivity index (χ4n) is 1.69. The van der Waals surface area contributed by atoms with Gasteiger partial charge in [-0.15, -0.1) is 0 Å². The molecule has 0 spiro atoms. The Kier molecular flexibility index (Phi) is 2.94. The van der Waals surface area contributed by atoms with Crippen molar-refractivity contribution in [2.24, 2.45) is 14.1 Å². The molecule has 5 nitrogen and oxygen atoms in total. The average molecular weight is 219 g/mol. The summed E-state index contributed by atoms with van der Waals surface area (Å²) in [6, 6.07) is 2.01. The fraction of sp³-hybridized carbons (Fsp3) is 0.455. The molecule has 0 amide bonds. The van der Waals surface area contributed by atoms with Gasteiger partial charge in [-0.1, -0.05) is 6.92 Å². The molecule has 2 aromatic heterocycles. The first-order chi connectivity index (χ1) is 7.69. The van der Waals surface area contributed by atoms with Gasteiger partial charge in [0.1, 0.15) is 0 Å². The van der Waals surface area contributed by atoms with Gasteiger partial charge in [-0.3, -0.25) is 9.36 Å². The number of hydrogen-bond acceptors (Lipinski definition) is 3. The standard InChI is InChI=1S/C11H17N5/c1-4-10-11(8-16(3)14-10)12-7-9-5-6-15(2)13-9/h5-6,8,12H,4,7H2,1-3H3. The molecule has 0 bridgehead atoms. The van der Waals surface area contributed by atoms with Gasteiger partial charge in [0, 0.05) is 26.5 Å². The van der Waals surface area contributed by atoms with Crippen LogP contribution in [0.1, 0.15) is 18.3 Å². The van der Waals surface area contributed by atoms with Gasteiger partial charge in [0.2, 0.25) is 0 Å². The van der Waals surface area contributed by atoms with Gasteiger partial charge in [0.25, 0.3) is 0 Å². The number of nitrogens with one attached hydrogen (secondary N) is 1. The molecule has 5 heteroatoms. The lowest BCUT2D eigenvalue weighted by atomic mass is 10.3. The SMILES string of the molecule is CCc1nn(C)cc1NCc1ccn(C)n1. The normalized spacial score (nSPS) is 10.7. The lowest BCUT2D eigenvalue weighted by molar-refractivity contribution is 0.746. The van der Waals surface area contributed by atoms with Crippen LogP contribution in [-0.4, -0.2) is 19.6 Å². The van der Waals surface area contributed by atoms with Crippen molar-refractivity contribution >= 4 is 5.69 Å². The van der Waals surface area contributed by atoms with Crippen LogP contribution >= 0.6 is 0 Å². The molecule has 0 saturated carbocycles. The van der Waals surface area contributed by atoms with Crippen molar-refractivity contribution in [3.8, 4) is 0 Å². The second kappa shape index (κ2) is 4.38. The number of anilines is 1. The van der Waals surface area contributed by atoms with E-state index >= 15 is 0 Å². The number of aryl methyl sites for hydroxylation is 3. The molecule has 16 heavy (non-hydrogen) atoms. The molecule has 0 aromatic carbocycles. The molecule has 0 aliphatic heterocycles. The van der Waals surface area contributed by atoms with E-state index in [4.69, 9.17) is 0 Å². The Morgan fingerprint density at radius 1 is 1.25 bits per heavy atom. The maximum Gasteiger partial charge on any atom is 0.0853 e.